The Balaban J connectivity index is 2.00. The van der Waals surface area contributed by atoms with Crippen LogP contribution in [0.25, 0.3) is 5.78 Å². The molecule has 1 atom stereocenters. The maximum Gasteiger partial charge on any atom is 0.233 e. The summed E-state index contributed by atoms with van der Waals surface area (Å²) in [7, 11) is 0. The number of hydrogen-bond acceptors (Lipinski definition) is 5. The summed E-state index contributed by atoms with van der Waals surface area (Å²) in [6.07, 6.45) is 8.38. The minimum atomic E-state index is 0.215. The first kappa shape index (κ1) is 13.3. The SMILES string of the molecule is CSCC(CCO)NCc1cnc2ncccn12. The van der Waals surface area contributed by atoms with E-state index in [2.05, 4.69) is 21.5 Å². The highest BCUT2D eigenvalue weighted by atomic mass is 32.2. The van der Waals surface area contributed by atoms with Crippen molar-refractivity contribution in [1.82, 2.24) is 19.7 Å². The second-order valence-electron chi connectivity index (χ2n) is 4.08. The van der Waals surface area contributed by atoms with Gasteiger partial charge >= 0.3 is 0 Å². The first-order valence-corrected chi connectivity index (χ1v) is 7.34. The summed E-state index contributed by atoms with van der Waals surface area (Å²) >= 11 is 1.78. The lowest BCUT2D eigenvalue weighted by Crippen LogP contribution is -2.32. The Kier molecular flexibility index (Phi) is 4.98. The van der Waals surface area contributed by atoms with Crippen LogP contribution in [-0.4, -0.2) is 44.1 Å². The van der Waals surface area contributed by atoms with Gasteiger partial charge in [-0.25, -0.2) is 9.97 Å². The fourth-order valence-corrected chi connectivity index (χ4v) is 2.55. The molecule has 18 heavy (non-hydrogen) atoms. The molecule has 2 aromatic heterocycles. The van der Waals surface area contributed by atoms with E-state index in [-0.39, 0.29) is 6.61 Å². The van der Waals surface area contributed by atoms with Gasteiger partial charge in [-0.1, -0.05) is 0 Å². The van der Waals surface area contributed by atoms with E-state index in [0.717, 1.165) is 30.2 Å². The van der Waals surface area contributed by atoms with Crippen molar-refractivity contribution in [2.75, 3.05) is 18.6 Å². The summed E-state index contributed by atoms with van der Waals surface area (Å²) in [6.45, 7) is 0.949. The lowest BCUT2D eigenvalue weighted by molar-refractivity contribution is 0.269. The maximum absolute atomic E-state index is 9.02. The molecule has 2 N–H and O–H groups in total. The Hall–Kier alpha value is -1.11. The molecule has 2 aromatic rings. The normalized spacial score (nSPS) is 13.0. The number of fused-ring (bicyclic) bond motifs is 1. The summed E-state index contributed by atoms with van der Waals surface area (Å²) < 4.78 is 1.97. The number of aliphatic hydroxyl groups excluding tert-OH is 1. The predicted molar refractivity (Wildman–Crippen MR) is 73.7 cm³/mol. The Morgan fingerprint density at radius 3 is 3.17 bits per heavy atom. The Labute approximate surface area is 111 Å². The molecule has 0 amide bonds. The van der Waals surface area contributed by atoms with Gasteiger partial charge in [-0.05, 0) is 18.7 Å². The van der Waals surface area contributed by atoms with Gasteiger partial charge in [-0.15, -0.1) is 0 Å². The Morgan fingerprint density at radius 1 is 1.50 bits per heavy atom. The van der Waals surface area contributed by atoms with E-state index in [1.54, 1.807) is 18.0 Å². The fraction of sp³-hybridized carbons (Fsp3) is 0.500. The molecule has 0 aliphatic carbocycles. The molecular formula is C12H18N4OS. The minimum Gasteiger partial charge on any atom is -0.396 e. The number of rotatable bonds is 7. The zero-order chi connectivity index (χ0) is 12.8. The molecule has 0 fully saturated rings. The van der Waals surface area contributed by atoms with Crippen LogP contribution >= 0.6 is 11.8 Å². The molecule has 0 bridgehead atoms. The molecule has 0 aromatic carbocycles. The van der Waals surface area contributed by atoms with Gasteiger partial charge in [0, 0.05) is 37.3 Å². The van der Waals surface area contributed by atoms with E-state index in [9.17, 15) is 0 Å². The second-order valence-corrected chi connectivity index (χ2v) is 5.00. The van der Waals surface area contributed by atoms with Gasteiger partial charge in [0.15, 0.2) is 0 Å². The molecule has 0 aliphatic heterocycles. The summed E-state index contributed by atoms with van der Waals surface area (Å²) in [4.78, 5) is 8.43. The number of hydrogen-bond donors (Lipinski definition) is 2. The van der Waals surface area contributed by atoms with Crippen LogP contribution in [0.5, 0.6) is 0 Å². The maximum atomic E-state index is 9.02. The molecule has 1 unspecified atom stereocenters. The molecule has 0 saturated carbocycles. The van der Waals surface area contributed by atoms with Crippen molar-refractivity contribution in [1.29, 1.82) is 0 Å². The highest BCUT2D eigenvalue weighted by Crippen LogP contribution is 2.06. The largest absolute Gasteiger partial charge is 0.396 e. The van der Waals surface area contributed by atoms with Gasteiger partial charge in [-0.2, -0.15) is 11.8 Å². The predicted octanol–water partition coefficient (Wildman–Crippen LogP) is 0.933. The van der Waals surface area contributed by atoms with E-state index < -0.39 is 0 Å². The molecule has 98 valence electrons. The highest BCUT2D eigenvalue weighted by Gasteiger charge is 2.09. The van der Waals surface area contributed by atoms with Crippen LogP contribution in [0.4, 0.5) is 0 Å². The quantitative estimate of drug-likeness (QED) is 0.781. The summed E-state index contributed by atoms with van der Waals surface area (Å²) in [5.74, 6) is 1.72. The smallest absolute Gasteiger partial charge is 0.233 e. The summed E-state index contributed by atoms with van der Waals surface area (Å²) in [5.41, 5.74) is 1.09. The molecular weight excluding hydrogens is 248 g/mol. The minimum absolute atomic E-state index is 0.215. The Bertz CT molecular complexity index is 482. The van der Waals surface area contributed by atoms with Crippen LogP contribution in [-0.2, 0) is 6.54 Å². The van der Waals surface area contributed by atoms with Crippen LogP contribution in [0, 0.1) is 0 Å². The number of nitrogens with zero attached hydrogens (tertiary/aromatic N) is 3. The molecule has 0 spiro atoms. The average molecular weight is 266 g/mol. The average Bonchev–Trinajstić information content (AvgIpc) is 2.80. The summed E-state index contributed by atoms with van der Waals surface area (Å²) in [5, 5.41) is 12.5. The van der Waals surface area contributed by atoms with Gasteiger partial charge in [-0.3, -0.25) is 4.40 Å². The van der Waals surface area contributed by atoms with E-state index in [0.29, 0.717) is 6.04 Å². The van der Waals surface area contributed by atoms with E-state index in [1.807, 2.05) is 22.9 Å². The zero-order valence-corrected chi connectivity index (χ0v) is 11.2. The molecule has 0 saturated heterocycles. The molecule has 0 radical (unpaired) electrons. The van der Waals surface area contributed by atoms with E-state index in [4.69, 9.17) is 5.11 Å². The van der Waals surface area contributed by atoms with Gasteiger partial charge in [0.05, 0.1) is 11.9 Å². The van der Waals surface area contributed by atoms with E-state index >= 15 is 0 Å². The summed E-state index contributed by atoms with van der Waals surface area (Å²) in [6, 6.07) is 2.22. The first-order chi connectivity index (χ1) is 8.85. The van der Waals surface area contributed by atoms with Crippen LogP contribution in [0.3, 0.4) is 0 Å². The van der Waals surface area contributed by atoms with Crippen molar-refractivity contribution < 1.29 is 5.11 Å². The highest BCUT2D eigenvalue weighted by molar-refractivity contribution is 7.98. The molecule has 6 heteroatoms. The topological polar surface area (TPSA) is 62.5 Å². The molecule has 2 heterocycles. The van der Waals surface area contributed by atoms with Gasteiger partial charge in [0.25, 0.3) is 0 Å². The van der Waals surface area contributed by atoms with Crippen LogP contribution in [0.2, 0.25) is 0 Å². The van der Waals surface area contributed by atoms with Crippen molar-refractivity contribution in [3.63, 3.8) is 0 Å². The van der Waals surface area contributed by atoms with Crippen molar-refractivity contribution in [2.45, 2.75) is 19.0 Å². The van der Waals surface area contributed by atoms with Crippen molar-refractivity contribution in [3.8, 4) is 0 Å². The van der Waals surface area contributed by atoms with Gasteiger partial charge < -0.3 is 10.4 Å². The monoisotopic (exact) mass is 266 g/mol. The number of aromatic nitrogens is 3. The second kappa shape index (κ2) is 6.72. The number of aliphatic hydroxyl groups is 1. The van der Waals surface area contributed by atoms with Crippen molar-refractivity contribution in [2.24, 2.45) is 0 Å². The van der Waals surface area contributed by atoms with Gasteiger partial charge in [0.1, 0.15) is 0 Å². The lowest BCUT2D eigenvalue weighted by Gasteiger charge is -2.16. The molecule has 5 nitrogen and oxygen atoms in total. The number of thioether (sulfide) groups is 1. The number of imidazole rings is 1. The molecule has 2 rings (SSSR count). The third-order valence-electron chi connectivity index (χ3n) is 2.78. The van der Waals surface area contributed by atoms with Crippen molar-refractivity contribution in [3.05, 3.63) is 30.4 Å². The first-order valence-electron chi connectivity index (χ1n) is 5.95. The lowest BCUT2D eigenvalue weighted by atomic mass is 10.2. The van der Waals surface area contributed by atoms with Crippen LogP contribution in [0.1, 0.15) is 12.1 Å². The standard InChI is InChI=1S/C12H18N4OS/c1-18-9-10(3-6-17)14-7-11-8-15-12-13-4-2-5-16(11)12/h2,4-5,8,10,14,17H,3,6-7,9H2,1H3. The Morgan fingerprint density at radius 2 is 2.39 bits per heavy atom. The fourth-order valence-electron chi connectivity index (χ4n) is 1.86. The third-order valence-corrected chi connectivity index (χ3v) is 3.52. The van der Waals surface area contributed by atoms with Crippen molar-refractivity contribution >= 4 is 17.5 Å². The zero-order valence-electron chi connectivity index (χ0n) is 10.4. The van der Waals surface area contributed by atoms with Crippen LogP contribution in [0.15, 0.2) is 24.7 Å². The molecule has 0 aliphatic rings. The van der Waals surface area contributed by atoms with E-state index in [1.165, 1.54) is 0 Å². The number of nitrogens with one attached hydrogen (secondary N) is 1. The van der Waals surface area contributed by atoms with Gasteiger partial charge in [0.2, 0.25) is 5.78 Å². The van der Waals surface area contributed by atoms with Crippen LogP contribution < -0.4 is 5.32 Å². The third kappa shape index (κ3) is 3.22.